The number of carbonyl (C=O) groups is 2. The van der Waals surface area contributed by atoms with E-state index >= 15 is 0 Å². The summed E-state index contributed by atoms with van der Waals surface area (Å²) >= 11 is 1.61. The van der Waals surface area contributed by atoms with Gasteiger partial charge in [0.25, 0.3) is 5.91 Å². The van der Waals surface area contributed by atoms with Gasteiger partial charge in [0.15, 0.2) is 0 Å². The molecule has 2 aliphatic heterocycles. The first-order chi connectivity index (χ1) is 12.4. The van der Waals surface area contributed by atoms with E-state index in [-0.39, 0.29) is 23.3 Å². The molecule has 26 heavy (non-hydrogen) atoms. The second kappa shape index (κ2) is 6.34. The Hall–Kier alpha value is -1.95. The molecule has 4 rings (SSSR count). The van der Waals surface area contributed by atoms with E-state index in [0.717, 1.165) is 41.0 Å². The van der Waals surface area contributed by atoms with E-state index in [4.69, 9.17) is 0 Å². The Labute approximate surface area is 158 Å². The van der Waals surface area contributed by atoms with Gasteiger partial charge in [-0.3, -0.25) is 9.59 Å². The quantitative estimate of drug-likeness (QED) is 0.812. The zero-order chi connectivity index (χ0) is 18.5. The third-order valence-electron chi connectivity index (χ3n) is 5.78. The molecule has 0 radical (unpaired) electrons. The van der Waals surface area contributed by atoms with E-state index in [1.165, 1.54) is 0 Å². The Morgan fingerprint density at radius 3 is 2.85 bits per heavy atom. The standard InChI is InChI=1S/C20H25N3O2S/c1-13(2)23-9-4-7-20(19(23)25)8-10-22(12-20)18(24)15-5-6-16-17(11-15)26-14(3)21-16/h5-6,11,13H,4,7-10,12H2,1-3H3/t20-/m0/s1. The summed E-state index contributed by atoms with van der Waals surface area (Å²) in [6.07, 6.45) is 2.70. The number of benzene rings is 1. The van der Waals surface area contributed by atoms with Crippen LogP contribution in [0.3, 0.4) is 0 Å². The lowest BCUT2D eigenvalue weighted by Gasteiger charge is -2.41. The lowest BCUT2D eigenvalue weighted by molar-refractivity contribution is -0.147. The van der Waals surface area contributed by atoms with Crippen molar-refractivity contribution in [2.24, 2.45) is 5.41 Å². The maximum absolute atomic E-state index is 13.1. The zero-order valence-corrected chi connectivity index (χ0v) is 16.4. The minimum atomic E-state index is -0.372. The Morgan fingerprint density at radius 1 is 1.27 bits per heavy atom. The molecule has 1 aromatic heterocycles. The molecule has 2 aromatic rings. The smallest absolute Gasteiger partial charge is 0.253 e. The van der Waals surface area contributed by atoms with Crippen LogP contribution in [0.15, 0.2) is 18.2 Å². The third kappa shape index (κ3) is 2.80. The Bertz CT molecular complexity index is 875. The molecule has 0 N–H and O–H groups in total. The number of hydrogen-bond donors (Lipinski definition) is 0. The normalized spacial score (nSPS) is 23.6. The van der Waals surface area contributed by atoms with Crippen molar-refractivity contribution < 1.29 is 9.59 Å². The van der Waals surface area contributed by atoms with Crippen LogP contribution < -0.4 is 0 Å². The van der Waals surface area contributed by atoms with Gasteiger partial charge in [-0.25, -0.2) is 4.98 Å². The summed E-state index contributed by atoms with van der Waals surface area (Å²) in [6, 6.07) is 5.94. The largest absolute Gasteiger partial charge is 0.340 e. The van der Waals surface area contributed by atoms with Gasteiger partial charge >= 0.3 is 0 Å². The third-order valence-corrected chi connectivity index (χ3v) is 6.71. The number of aryl methyl sites for hydroxylation is 1. The van der Waals surface area contributed by atoms with Crippen molar-refractivity contribution in [3.63, 3.8) is 0 Å². The highest BCUT2D eigenvalue weighted by molar-refractivity contribution is 7.18. The molecule has 0 saturated carbocycles. The van der Waals surface area contributed by atoms with E-state index in [2.05, 4.69) is 18.8 Å². The number of aromatic nitrogens is 1. The van der Waals surface area contributed by atoms with E-state index in [9.17, 15) is 9.59 Å². The molecule has 3 heterocycles. The molecule has 1 atom stereocenters. The van der Waals surface area contributed by atoms with Gasteiger partial charge in [0, 0.05) is 31.2 Å². The maximum Gasteiger partial charge on any atom is 0.253 e. The monoisotopic (exact) mass is 371 g/mol. The molecule has 6 heteroatoms. The molecule has 0 bridgehead atoms. The number of carbonyl (C=O) groups excluding carboxylic acids is 2. The van der Waals surface area contributed by atoms with Gasteiger partial charge < -0.3 is 9.80 Å². The molecule has 2 saturated heterocycles. The second-order valence-electron chi connectivity index (χ2n) is 7.87. The number of nitrogens with zero attached hydrogens (tertiary/aromatic N) is 3. The summed E-state index contributed by atoms with van der Waals surface area (Å²) in [6.45, 7) is 8.17. The van der Waals surface area contributed by atoms with Gasteiger partial charge in [-0.2, -0.15) is 0 Å². The molecule has 1 aromatic carbocycles. The number of fused-ring (bicyclic) bond motifs is 1. The highest BCUT2D eigenvalue weighted by Gasteiger charge is 2.49. The van der Waals surface area contributed by atoms with E-state index in [1.807, 2.05) is 34.9 Å². The summed E-state index contributed by atoms with van der Waals surface area (Å²) in [5, 5.41) is 1.01. The zero-order valence-electron chi connectivity index (χ0n) is 15.6. The molecule has 138 valence electrons. The van der Waals surface area contributed by atoms with Crippen LogP contribution in [0, 0.1) is 12.3 Å². The number of hydrogen-bond acceptors (Lipinski definition) is 4. The van der Waals surface area contributed by atoms with E-state index in [0.29, 0.717) is 18.7 Å². The van der Waals surface area contributed by atoms with Crippen molar-refractivity contribution in [1.29, 1.82) is 0 Å². The molecular formula is C20H25N3O2S. The Balaban J connectivity index is 1.55. The maximum atomic E-state index is 13.1. The van der Waals surface area contributed by atoms with Crippen LogP contribution in [-0.4, -0.2) is 52.3 Å². The van der Waals surface area contributed by atoms with Crippen LogP contribution in [0.5, 0.6) is 0 Å². The van der Waals surface area contributed by atoms with Gasteiger partial charge in [0.1, 0.15) is 0 Å². The van der Waals surface area contributed by atoms with Crippen LogP contribution in [0.1, 0.15) is 48.5 Å². The summed E-state index contributed by atoms with van der Waals surface area (Å²) in [4.78, 5) is 34.4. The summed E-state index contributed by atoms with van der Waals surface area (Å²) in [5.41, 5.74) is 1.27. The van der Waals surface area contributed by atoms with Crippen molar-refractivity contribution in [1.82, 2.24) is 14.8 Å². The van der Waals surface area contributed by atoms with Crippen LogP contribution in [0.2, 0.25) is 0 Å². The molecule has 2 aliphatic rings. The summed E-state index contributed by atoms with van der Waals surface area (Å²) in [5.74, 6) is 0.270. The molecule has 2 amide bonds. The first-order valence-corrected chi connectivity index (χ1v) is 10.2. The van der Waals surface area contributed by atoms with Crippen LogP contribution >= 0.6 is 11.3 Å². The fourth-order valence-electron chi connectivity index (χ4n) is 4.37. The lowest BCUT2D eigenvalue weighted by atomic mass is 9.78. The van der Waals surface area contributed by atoms with Crippen molar-refractivity contribution in [2.45, 2.75) is 46.1 Å². The molecular weight excluding hydrogens is 346 g/mol. The van der Waals surface area contributed by atoms with Gasteiger partial charge in [0.2, 0.25) is 5.91 Å². The van der Waals surface area contributed by atoms with Crippen molar-refractivity contribution in [2.75, 3.05) is 19.6 Å². The lowest BCUT2D eigenvalue weighted by Crippen LogP contribution is -2.52. The Morgan fingerprint density at radius 2 is 2.08 bits per heavy atom. The number of thiazole rings is 1. The fourth-order valence-corrected chi connectivity index (χ4v) is 5.24. The van der Waals surface area contributed by atoms with Crippen molar-refractivity contribution in [3.05, 3.63) is 28.8 Å². The molecule has 2 fully saturated rings. The number of amides is 2. The predicted octanol–water partition coefficient (Wildman–Crippen LogP) is 3.47. The Kier molecular flexibility index (Phi) is 4.26. The summed E-state index contributed by atoms with van der Waals surface area (Å²) in [7, 11) is 0. The molecule has 1 spiro atoms. The first-order valence-electron chi connectivity index (χ1n) is 9.37. The fraction of sp³-hybridized carbons (Fsp3) is 0.550. The van der Waals surface area contributed by atoms with Crippen molar-refractivity contribution >= 4 is 33.4 Å². The van der Waals surface area contributed by atoms with Gasteiger partial charge in [-0.1, -0.05) is 0 Å². The number of likely N-dealkylation sites (tertiary alicyclic amines) is 2. The van der Waals surface area contributed by atoms with Gasteiger partial charge in [0.05, 0.1) is 20.6 Å². The first kappa shape index (κ1) is 17.5. The minimum absolute atomic E-state index is 0.0318. The second-order valence-corrected chi connectivity index (χ2v) is 9.10. The van der Waals surface area contributed by atoms with Gasteiger partial charge in [-0.15, -0.1) is 11.3 Å². The van der Waals surface area contributed by atoms with Crippen LogP contribution in [0.25, 0.3) is 10.2 Å². The highest BCUT2D eigenvalue weighted by atomic mass is 32.1. The van der Waals surface area contributed by atoms with E-state index in [1.54, 1.807) is 11.3 Å². The number of piperidine rings is 1. The molecule has 0 aliphatic carbocycles. The van der Waals surface area contributed by atoms with Gasteiger partial charge in [-0.05, 0) is 58.2 Å². The minimum Gasteiger partial charge on any atom is -0.340 e. The highest BCUT2D eigenvalue weighted by Crippen LogP contribution is 2.41. The number of rotatable bonds is 2. The average Bonchev–Trinajstić information content (AvgIpc) is 3.19. The van der Waals surface area contributed by atoms with E-state index < -0.39 is 0 Å². The van der Waals surface area contributed by atoms with Crippen molar-refractivity contribution in [3.8, 4) is 0 Å². The topological polar surface area (TPSA) is 53.5 Å². The SMILES string of the molecule is Cc1nc2ccc(C(=O)N3CC[C@@]4(CCCN(C(C)C)C4=O)C3)cc2s1. The molecule has 0 unspecified atom stereocenters. The average molecular weight is 372 g/mol. The van der Waals surface area contributed by atoms with Crippen LogP contribution in [0.4, 0.5) is 0 Å². The summed E-state index contributed by atoms with van der Waals surface area (Å²) < 4.78 is 1.04. The van der Waals surface area contributed by atoms with Crippen LogP contribution in [-0.2, 0) is 4.79 Å². The molecule has 5 nitrogen and oxygen atoms in total. The predicted molar refractivity (Wildman–Crippen MR) is 103 cm³/mol.